The van der Waals surface area contributed by atoms with Gasteiger partial charge < -0.3 is 9.64 Å². The van der Waals surface area contributed by atoms with Gasteiger partial charge in [-0.05, 0) is 59.7 Å². The lowest BCUT2D eigenvalue weighted by Crippen LogP contribution is -2.23. The van der Waals surface area contributed by atoms with E-state index in [1.807, 2.05) is 11.9 Å². The third-order valence-corrected chi connectivity index (χ3v) is 10.6. The van der Waals surface area contributed by atoms with E-state index in [-0.39, 0.29) is 14.8 Å². The first kappa shape index (κ1) is 27.2. The van der Waals surface area contributed by atoms with Crippen molar-refractivity contribution in [2.45, 2.75) is 32.0 Å². The highest BCUT2D eigenvalue weighted by atomic mass is 79.9. The molecule has 1 fully saturated rings. The van der Waals surface area contributed by atoms with Gasteiger partial charge in [-0.1, -0.05) is 11.8 Å². The van der Waals surface area contributed by atoms with Crippen molar-refractivity contribution in [3.8, 4) is 5.75 Å². The summed E-state index contributed by atoms with van der Waals surface area (Å²) < 4.78 is 102. The molecule has 0 aliphatic carbocycles. The first-order valence-electron chi connectivity index (χ1n) is 10.3. The van der Waals surface area contributed by atoms with Crippen LogP contribution >= 0.6 is 39.0 Å². The van der Waals surface area contributed by atoms with Gasteiger partial charge in [0.2, 0.25) is 0 Å². The van der Waals surface area contributed by atoms with Crippen LogP contribution in [0.1, 0.15) is 12.0 Å². The molecular weight excluding hydrogens is 611 g/mol. The van der Waals surface area contributed by atoms with E-state index in [1.165, 1.54) is 12.1 Å². The average Bonchev–Trinajstić information content (AvgIpc) is 3.34. The number of thiophene rings is 1. The van der Waals surface area contributed by atoms with Gasteiger partial charge in [0.15, 0.2) is 0 Å². The fraction of sp³-hybridized carbons (Fsp3) is 0.273. The molecule has 0 spiro atoms. The summed E-state index contributed by atoms with van der Waals surface area (Å²) in [5, 5.41) is 0. The minimum atomic E-state index is -4.68. The van der Waals surface area contributed by atoms with Crippen LogP contribution in [0.25, 0.3) is 0 Å². The van der Waals surface area contributed by atoms with Crippen molar-refractivity contribution in [1.29, 1.82) is 0 Å². The minimum absolute atomic E-state index is 0.0953. The third kappa shape index (κ3) is 6.33. The van der Waals surface area contributed by atoms with E-state index >= 15 is 0 Å². The Morgan fingerprint density at radius 3 is 2.56 bits per heavy atom. The smallest absolute Gasteiger partial charge is 0.419 e. The summed E-state index contributed by atoms with van der Waals surface area (Å²) in [6, 6.07) is 7.14. The van der Waals surface area contributed by atoms with Gasteiger partial charge in [-0.3, -0.25) is 4.72 Å². The normalized spacial score (nSPS) is 16.9. The quantitative estimate of drug-likeness (QED) is 0.290. The second-order valence-corrected chi connectivity index (χ2v) is 13.1. The lowest BCUT2D eigenvalue weighted by molar-refractivity contribution is -0.139. The van der Waals surface area contributed by atoms with Crippen molar-refractivity contribution in [3.63, 3.8) is 0 Å². The van der Waals surface area contributed by atoms with Crippen molar-refractivity contribution >= 4 is 54.7 Å². The number of ether oxygens (including phenoxy) is 1. The maximum absolute atomic E-state index is 14.0. The highest BCUT2D eigenvalue weighted by molar-refractivity contribution is 9.10. The molecule has 0 amide bonds. The zero-order valence-corrected chi connectivity index (χ0v) is 22.4. The van der Waals surface area contributed by atoms with E-state index in [9.17, 15) is 30.4 Å². The number of nitrogens with zero attached hydrogens (tertiary/aromatic N) is 1. The molecule has 14 heteroatoms. The molecule has 36 heavy (non-hydrogen) atoms. The van der Waals surface area contributed by atoms with Gasteiger partial charge in [-0.25, -0.2) is 17.2 Å². The monoisotopic (exact) mass is 628 g/mol. The number of anilines is 1. The predicted molar refractivity (Wildman–Crippen MR) is 131 cm³/mol. The van der Waals surface area contributed by atoms with Crippen molar-refractivity contribution < 1.29 is 35.1 Å². The van der Waals surface area contributed by atoms with Crippen molar-refractivity contribution in [2.75, 3.05) is 24.9 Å². The van der Waals surface area contributed by atoms with Gasteiger partial charge in [-0.15, -0.1) is 11.3 Å². The molecule has 1 saturated heterocycles. The average molecular weight is 629 g/mol. The van der Waals surface area contributed by atoms with E-state index in [0.29, 0.717) is 28.2 Å². The maximum atomic E-state index is 14.0. The predicted octanol–water partition coefficient (Wildman–Crippen LogP) is 6.84. The molecule has 2 heterocycles. The van der Waals surface area contributed by atoms with Gasteiger partial charge in [0, 0.05) is 34.6 Å². The lowest BCUT2D eigenvalue weighted by Gasteiger charge is -2.19. The van der Waals surface area contributed by atoms with E-state index in [0.717, 1.165) is 53.4 Å². The number of sulfonamides is 1. The van der Waals surface area contributed by atoms with Crippen LogP contribution in [-0.2, 0) is 16.2 Å². The van der Waals surface area contributed by atoms with Crippen LogP contribution in [0, 0.1) is 11.6 Å². The Morgan fingerprint density at radius 1 is 1.17 bits per heavy atom. The van der Waals surface area contributed by atoms with Crippen molar-refractivity contribution in [3.05, 3.63) is 64.1 Å². The molecule has 1 aromatic heterocycles. The number of likely N-dealkylation sites (N-methyl/N-ethyl adjacent to an activating group) is 1. The molecule has 4 rings (SSSR count). The zero-order valence-electron chi connectivity index (χ0n) is 18.4. The first-order chi connectivity index (χ1) is 16.8. The Morgan fingerprint density at radius 2 is 1.92 bits per heavy atom. The highest BCUT2D eigenvalue weighted by Gasteiger charge is 2.36. The highest BCUT2D eigenvalue weighted by Crippen LogP contribution is 2.43. The molecule has 1 atom stereocenters. The number of alkyl halides is 3. The van der Waals surface area contributed by atoms with Crippen LogP contribution < -0.4 is 9.46 Å². The van der Waals surface area contributed by atoms with Gasteiger partial charge in [-0.2, -0.15) is 13.2 Å². The number of hydrogen-bond donors (Lipinski definition) is 1. The maximum Gasteiger partial charge on any atom is 0.419 e. The Hall–Kier alpha value is -1.87. The molecule has 0 unspecified atom stereocenters. The van der Waals surface area contributed by atoms with Gasteiger partial charge in [0.1, 0.15) is 27.7 Å². The van der Waals surface area contributed by atoms with Gasteiger partial charge in [0.05, 0.1) is 15.5 Å². The van der Waals surface area contributed by atoms with Crippen LogP contribution in [0.15, 0.2) is 60.3 Å². The van der Waals surface area contributed by atoms with Gasteiger partial charge in [0.25, 0.3) is 10.0 Å². The fourth-order valence-electron chi connectivity index (χ4n) is 3.49. The summed E-state index contributed by atoms with van der Waals surface area (Å²) in [7, 11) is -2.37. The van der Waals surface area contributed by atoms with Crippen LogP contribution in [-0.4, -0.2) is 39.6 Å². The Bertz CT molecular complexity index is 1380. The summed E-state index contributed by atoms with van der Waals surface area (Å²) in [5.41, 5.74) is -1.11. The minimum Gasteiger partial charge on any atom is -0.488 e. The zero-order chi connectivity index (χ0) is 26.3. The molecule has 1 aliphatic rings. The molecule has 0 saturated carbocycles. The van der Waals surface area contributed by atoms with E-state index in [4.69, 9.17) is 4.74 Å². The van der Waals surface area contributed by atoms with Gasteiger partial charge >= 0.3 is 6.18 Å². The number of hydrogen-bond acceptors (Lipinski definition) is 6. The molecule has 1 N–H and O–H groups in total. The lowest BCUT2D eigenvalue weighted by atomic mass is 10.1. The number of nitrogens with one attached hydrogen (secondary N) is 1. The van der Waals surface area contributed by atoms with Crippen molar-refractivity contribution in [2.24, 2.45) is 0 Å². The van der Waals surface area contributed by atoms with Crippen LogP contribution in [0.4, 0.5) is 27.6 Å². The van der Waals surface area contributed by atoms with E-state index in [2.05, 4.69) is 20.7 Å². The Labute approximate surface area is 220 Å². The van der Waals surface area contributed by atoms with E-state index < -0.39 is 45.3 Å². The number of likely N-dealkylation sites (tertiary alicyclic amines) is 1. The summed E-state index contributed by atoms with van der Waals surface area (Å²) >= 11 is 4.97. The molecule has 2 aromatic carbocycles. The number of benzene rings is 2. The number of rotatable bonds is 7. The van der Waals surface area contributed by atoms with E-state index in [1.54, 1.807) is 0 Å². The van der Waals surface area contributed by atoms with Crippen LogP contribution in [0.5, 0.6) is 5.75 Å². The second kappa shape index (κ2) is 10.5. The van der Waals surface area contributed by atoms with Crippen molar-refractivity contribution in [1.82, 2.24) is 4.90 Å². The summed E-state index contributed by atoms with van der Waals surface area (Å²) in [6.07, 6.45) is -4.60. The largest absolute Gasteiger partial charge is 0.488 e. The SMILES string of the molecule is CN1CC[C@@H](Oc2cc(NS(=O)(=O)c3cc(Br)c(Sc4ccc(F)cc4F)s3)ccc2C(F)(F)F)C1. The Kier molecular flexibility index (Phi) is 7.91. The molecule has 3 aromatic rings. The summed E-state index contributed by atoms with van der Waals surface area (Å²) in [5.74, 6) is -2.00. The Balaban J connectivity index is 1.58. The summed E-state index contributed by atoms with van der Waals surface area (Å²) in [6.45, 7) is 1.12. The fourth-order valence-corrected chi connectivity index (χ4v) is 8.16. The third-order valence-electron chi connectivity index (χ3n) is 5.18. The second-order valence-electron chi connectivity index (χ2n) is 7.98. The molecule has 0 bridgehead atoms. The molecule has 0 radical (unpaired) electrons. The van der Waals surface area contributed by atoms with Crippen LogP contribution in [0.2, 0.25) is 0 Å². The van der Waals surface area contributed by atoms with Crippen LogP contribution in [0.3, 0.4) is 0 Å². The standard InChI is InChI=1S/C22H18BrF5N2O3S3/c1-30-7-6-14(11-30)33-18-9-13(3-4-15(18)22(26,27)28)29-36(31,32)20-10-16(23)21(35-20)34-19-5-2-12(24)8-17(19)25/h2-5,8-10,14,29H,6-7,11H2,1H3/t14-/m1/s1. The molecule has 194 valence electrons. The molecule has 1 aliphatic heterocycles. The number of halogens is 6. The topological polar surface area (TPSA) is 58.6 Å². The summed E-state index contributed by atoms with van der Waals surface area (Å²) in [4.78, 5) is 2.02. The molecule has 5 nitrogen and oxygen atoms in total. The molecular formula is C22H18BrF5N2O3S3. The first-order valence-corrected chi connectivity index (χ1v) is 14.2.